The van der Waals surface area contributed by atoms with Crippen molar-refractivity contribution in [1.82, 2.24) is 4.90 Å². The van der Waals surface area contributed by atoms with E-state index in [1.54, 1.807) is 18.2 Å². The number of hydrogen-bond donors (Lipinski definition) is 1. The van der Waals surface area contributed by atoms with Crippen molar-refractivity contribution in [2.24, 2.45) is 5.92 Å². The van der Waals surface area contributed by atoms with Crippen LogP contribution in [0, 0.1) is 5.92 Å². The fraction of sp³-hybridized carbons (Fsp3) is 0.556. The van der Waals surface area contributed by atoms with Crippen molar-refractivity contribution in [3.63, 3.8) is 0 Å². The van der Waals surface area contributed by atoms with Crippen molar-refractivity contribution in [2.75, 3.05) is 20.6 Å². The Morgan fingerprint density at radius 1 is 1.55 bits per heavy atom. The van der Waals surface area contributed by atoms with Gasteiger partial charge >= 0.3 is 0 Å². The molecule has 5 rings (SSSR count). The molecule has 2 unspecified atom stereocenters. The van der Waals surface area contributed by atoms with Crippen molar-refractivity contribution >= 4 is 0 Å². The van der Waals surface area contributed by atoms with Gasteiger partial charge in [-0.1, -0.05) is 18.2 Å². The molecule has 1 N–H and O–H groups in total. The summed E-state index contributed by atoms with van der Waals surface area (Å²) in [6.45, 7) is -2.19. The maximum Gasteiger partial charge on any atom is 0.211 e. The quantitative estimate of drug-likeness (QED) is 0.841. The molecule has 116 valence electrons. The zero-order valence-corrected chi connectivity index (χ0v) is 12.2. The molecule has 0 amide bonds. The first-order valence-electron chi connectivity index (χ1n) is 10.5. The molecule has 4 heteroatoms. The Balaban J connectivity index is 1.83. The van der Waals surface area contributed by atoms with Crippen molar-refractivity contribution in [3.05, 3.63) is 35.4 Å². The predicted octanol–water partition coefficient (Wildman–Crippen LogP) is 1.50. The molecule has 4 aliphatic rings. The zero-order chi connectivity index (χ0) is 20.1. The van der Waals surface area contributed by atoms with Crippen molar-refractivity contribution < 1.29 is 21.4 Å². The molecule has 1 aromatic carbocycles. The lowest BCUT2D eigenvalue weighted by molar-refractivity contribution is -0.0453. The van der Waals surface area contributed by atoms with Crippen LogP contribution in [0.25, 0.3) is 0 Å². The number of aliphatic hydroxyl groups excluding tert-OH is 1. The SMILES string of the molecule is [2H]OC1C=C[C@H]2[C@@H]3N(C([2H])([2H])[2H])CC[C@@]24c2c(ccc(OC)c2OC14)C3([2H])[2H]. The summed E-state index contributed by atoms with van der Waals surface area (Å²) in [5.74, 6) is 0.594. The number of likely N-dealkylation sites (N-methyl/N-ethyl adjacent to an activating group) is 1. The number of hydrogen-bond acceptors (Lipinski definition) is 4. The summed E-state index contributed by atoms with van der Waals surface area (Å²) in [6.07, 6.45) is 0.974. The average molecular weight is 305 g/mol. The maximum absolute atomic E-state index is 8.93. The number of aliphatic hydroxyl groups is 1. The van der Waals surface area contributed by atoms with Gasteiger partial charge in [0.2, 0.25) is 1.43 Å². The van der Waals surface area contributed by atoms with E-state index in [-0.39, 0.29) is 6.54 Å². The van der Waals surface area contributed by atoms with Gasteiger partial charge in [0.05, 0.1) is 7.11 Å². The van der Waals surface area contributed by atoms with Gasteiger partial charge in [0.1, 0.15) is 12.2 Å². The Morgan fingerprint density at radius 2 is 2.50 bits per heavy atom. The monoisotopic (exact) mass is 305 g/mol. The van der Waals surface area contributed by atoms with Gasteiger partial charge in [0.15, 0.2) is 11.5 Å². The van der Waals surface area contributed by atoms with Crippen LogP contribution in [-0.4, -0.2) is 50.3 Å². The molecule has 5 atom stereocenters. The van der Waals surface area contributed by atoms with Gasteiger partial charge in [-0.25, -0.2) is 0 Å². The van der Waals surface area contributed by atoms with Gasteiger partial charge < -0.3 is 19.5 Å². The molecule has 1 saturated heterocycles. The topological polar surface area (TPSA) is 41.9 Å². The number of ether oxygens (including phenoxy) is 2. The Morgan fingerprint density at radius 3 is 3.32 bits per heavy atom. The minimum absolute atomic E-state index is 0.214. The van der Waals surface area contributed by atoms with E-state index in [0.717, 1.165) is 5.56 Å². The minimum Gasteiger partial charge on any atom is -0.493 e. The first kappa shape index (κ1) is 8.37. The van der Waals surface area contributed by atoms with Crippen LogP contribution in [0.5, 0.6) is 11.5 Å². The van der Waals surface area contributed by atoms with Crippen LogP contribution in [0.3, 0.4) is 0 Å². The van der Waals surface area contributed by atoms with E-state index < -0.39 is 42.9 Å². The number of piperidine rings is 1. The van der Waals surface area contributed by atoms with Crippen molar-refractivity contribution in [1.29, 1.82) is 1.43 Å². The van der Waals surface area contributed by atoms with Gasteiger partial charge in [-0.3, -0.25) is 0 Å². The van der Waals surface area contributed by atoms with Gasteiger partial charge in [-0.05, 0) is 37.9 Å². The zero-order valence-electron chi connectivity index (χ0n) is 18.2. The fourth-order valence-electron chi connectivity index (χ4n) is 4.80. The largest absolute Gasteiger partial charge is 0.493 e. The number of nitrogens with zero attached hydrogens (tertiary/aromatic N) is 1. The third-order valence-corrected chi connectivity index (χ3v) is 5.71. The Labute approximate surface area is 138 Å². The summed E-state index contributed by atoms with van der Waals surface area (Å²) in [4.78, 5) is 1.32. The van der Waals surface area contributed by atoms with Gasteiger partial charge in [-0.2, -0.15) is 0 Å². The molecule has 0 radical (unpaired) electrons. The molecule has 2 aliphatic carbocycles. The molecular weight excluding hydrogens is 278 g/mol. The smallest absolute Gasteiger partial charge is 0.211 e. The van der Waals surface area contributed by atoms with Gasteiger partial charge in [0.25, 0.3) is 0 Å². The Bertz CT molecular complexity index is 872. The molecule has 1 fully saturated rings. The Hall–Kier alpha value is -1.52. The highest BCUT2D eigenvalue weighted by atomic mass is 16.5. The second-order valence-corrected chi connectivity index (χ2v) is 6.51. The van der Waals surface area contributed by atoms with E-state index in [2.05, 4.69) is 0 Å². The highest BCUT2D eigenvalue weighted by molar-refractivity contribution is 5.62. The summed E-state index contributed by atoms with van der Waals surface area (Å²) < 4.78 is 61.0. The number of methoxy groups -OCH3 is 1. The third-order valence-electron chi connectivity index (χ3n) is 5.71. The number of rotatable bonds is 2. The first-order chi connectivity index (χ1) is 13.2. The van der Waals surface area contributed by atoms with E-state index in [1.165, 1.54) is 12.0 Å². The lowest BCUT2D eigenvalue weighted by Crippen LogP contribution is -2.64. The molecule has 1 aromatic rings. The predicted molar refractivity (Wildman–Crippen MR) is 82.5 cm³/mol. The summed E-state index contributed by atoms with van der Waals surface area (Å²) in [5.41, 5.74) is 0.553. The summed E-state index contributed by atoms with van der Waals surface area (Å²) >= 11 is 0. The second kappa shape index (κ2) is 4.06. The number of likely N-dealkylation sites (tertiary alicyclic amines) is 1. The molecule has 2 aliphatic heterocycles. The average Bonchev–Trinajstić information content (AvgIpc) is 2.98. The van der Waals surface area contributed by atoms with Crippen molar-refractivity contribution in [3.8, 4) is 11.5 Å². The molecule has 1 spiro atoms. The molecule has 22 heavy (non-hydrogen) atoms. The van der Waals surface area contributed by atoms with E-state index in [1.807, 2.05) is 6.08 Å². The molecule has 2 bridgehead atoms. The molecule has 2 heterocycles. The highest BCUT2D eigenvalue weighted by Crippen LogP contribution is 2.62. The first-order valence-corrected chi connectivity index (χ1v) is 7.63. The van der Waals surface area contributed by atoms with Gasteiger partial charge in [-0.15, -0.1) is 0 Å². The van der Waals surface area contributed by atoms with E-state index in [9.17, 15) is 0 Å². The van der Waals surface area contributed by atoms with Crippen LogP contribution >= 0.6 is 0 Å². The summed E-state index contributed by atoms with van der Waals surface area (Å²) in [6, 6.07) is 2.49. The minimum atomic E-state index is -2.40. The van der Waals surface area contributed by atoms with Crippen LogP contribution in [-0.2, 0) is 11.8 Å². The van der Waals surface area contributed by atoms with Crippen LogP contribution in [0.15, 0.2) is 24.3 Å². The van der Waals surface area contributed by atoms with E-state index >= 15 is 0 Å². The van der Waals surface area contributed by atoms with Crippen LogP contribution < -0.4 is 9.47 Å². The Kier molecular flexibility index (Phi) is 1.54. The third kappa shape index (κ3) is 1.28. The van der Waals surface area contributed by atoms with E-state index in [0.29, 0.717) is 23.5 Å². The molecule has 4 nitrogen and oxygen atoms in total. The molecular formula is C18H21NO3. The molecule has 0 saturated carbocycles. The van der Waals surface area contributed by atoms with E-state index in [4.69, 9.17) is 22.9 Å². The maximum atomic E-state index is 8.93. The molecule has 0 aromatic heterocycles. The number of benzene rings is 1. The highest BCUT2D eigenvalue weighted by Gasteiger charge is 2.64. The lowest BCUT2D eigenvalue weighted by Gasteiger charge is -2.56. The van der Waals surface area contributed by atoms with Crippen molar-refractivity contribution in [2.45, 2.75) is 36.5 Å². The van der Waals surface area contributed by atoms with Crippen LogP contribution in [0.2, 0.25) is 0 Å². The fourth-order valence-corrected chi connectivity index (χ4v) is 4.80. The normalized spacial score (nSPS) is 47.9. The lowest BCUT2D eigenvalue weighted by atomic mass is 9.53. The summed E-state index contributed by atoms with van der Waals surface area (Å²) in [7, 11) is 1.53. The standard InChI is InChI=1S/C18H21NO3/c1-19-8-7-18-11-4-5-13(20)17(18)22-16-14(21-2)6-3-10(15(16)18)9-12(11)19/h3-6,11-13,17,20H,7-9H2,1-2H3/t11-,12+,13?,17?,18-/m0/s1/i1D3,9D2,20D. The van der Waals surface area contributed by atoms with Gasteiger partial charge in [0, 0.05) is 29.8 Å². The second-order valence-electron chi connectivity index (χ2n) is 6.51. The van der Waals surface area contributed by atoms with Crippen LogP contribution in [0.1, 0.15) is 24.4 Å². The van der Waals surface area contributed by atoms with Crippen LogP contribution in [0.4, 0.5) is 0 Å². The summed E-state index contributed by atoms with van der Waals surface area (Å²) in [5, 5.41) is 4.93.